The first-order valence-electron chi connectivity index (χ1n) is 11.2. The van der Waals surface area contributed by atoms with E-state index < -0.39 is 11.9 Å². The van der Waals surface area contributed by atoms with E-state index in [2.05, 4.69) is 17.2 Å². The van der Waals surface area contributed by atoms with Crippen molar-refractivity contribution in [3.8, 4) is 0 Å². The van der Waals surface area contributed by atoms with Crippen LogP contribution in [-0.2, 0) is 43.2 Å². The molecule has 0 N–H and O–H groups in total. The standard InChI is InChI=1S/C22H27F3N4O2/c1-13-5-6-17-16(11-13)20(31-27-17)14-7-9-28(10-8-14)19(30)12-29-18-4-2-3-15(18)21(26-29)22(23,24)25/h13-14H,2-12H2,1H3. The summed E-state index contributed by atoms with van der Waals surface area (Å²) in [6.45, 7) is 3.27. The third-order valence-electron chi connectivity index (χ3n) is 7.11. The zero-order valence-electron chi connectivity index (χ0n) is 17.7. The number of hydrogen-bond acceptors (Lipinski definition) is 4. The Bertz CT molecular complexity index is 986. The van der Waals surface area contributed by atoms with E-state index in [4.69, 9.17) is 4.52 Å². The summed E-state index contributed by atoms with van der Waals surface area (Å²) < 4.78 is 46.8. The molecule has 1 atom stereocenters. The average molecular weight is 436 g/mol. The molecule has 0 spiro atoms. The topological polar surface area (TPSA) is 64.2 Å². The molecule has 1 unspecified atom stereocenters. The van der Waals surface area contributed by atoms with E-state index in [1.54, 1.807) is 4.90 Å². The third kappa shape index (κ3) is 3.76. The van der Waals surface area contributed by atoms with Crippen LogP contribution in [0, 0.1) is 5.92 Å². The molecule has 0 radical (unpaired) electrons. The van der Waals surface area contributed by atoms with Crippen LogP contribution < -0.4 is 0 Å². The molecular weight excluding hydrogens is 409 g/mol. The van der Waals surface area contributed by atoms with Crippen LogP contribution in [0.4, 0.5) is 13.2 Å². The molecule has 1 aliphatic heterocycles. The molecule has 3 heterocycles. The van der Waals surface area contributed by atoms with Gasteiger partial charge in [-0.05, 0) is 57.3 Å². The highest BCUT2D eigenvalue weighted by molar-refractivity contribution is 5.76. The maximum atomic E-state index is 13.3. The molecule has 1 amide bonds. The molecule has 31 heavy (non-hydrogen) atoms. The zero-order chi connectivity index (χ0) is 21.8. The lowest BCUT2D eigenvalue weighted by atomic mass is 9.83. The molecule has 1 saturated heterocycles. The minimum absolute atomic E-state index is 0.127. The summed E-state index contributed by atoms with van der Waals surface area (Å²) >= 11 is 0. The molecule has 2 aromatic rings. The van der Waals surface area contributed by atoms with Gasteiger partial charge in [0.15, 0.2) is 5.69 Å². The van der Waals surface area contributed by atoms with Crippen molar-refractivity contribution in [3.63, 3.8) is 0 Å². The van der Waals surface area contributed by atoms with E-state index in [0.717, 1.165) is 43.6 Å². The Kier molecular flexibility index (Phi) is 5.09. The summed E-state index contributed by atoms with van der Waals surface area (Å²) in [5.74, 6) is 1.69. The first-order valence-corrected chi connectivity index (χ1v) is 11.2. The second-order valence-corrected chi connectivity index (χ2v) is 9.26. The highest BCUT2D eigenvalue weighted by Gasteiger charge is 2.40. The number of carbonyl (C=O) groups excluding carboxylic acids is 1. The molecule has 9 heteroatoms. The lowest BCUT2D eigenvalue weighted by Gasteiger charge is -2.31. The largest absolute Gasteiger partial charge is 0.435 e. The van der Waals surface area contributed by atoms with Crippen molar-refractivity contribution < 1.29 is 22.5 Å². The van der Waals surface area contributed by atoms with Crippen LogP contribution in [0.25, 0.3) is 0 Å². The first-order chi connectivity index (χ1) is 14.8. The molecule has 0 bridgehead atoms. The average Bonchev–Trinajstić information content (AvgIpc) is 3.43. The number of amides is 1. The fraction of sp³-hybridized carbons (Fsp3) is 0.682. The van der Waals surface area contributed by atoms with E-state index in [1.165, 1.54) is 10.2 Å². The molecular formula is C22H27F3N4O2. The van der Waals surface area contributed by atoms with E-state index in [0.29, 0.717) is 44.0 Å². The molecule has 5 rings (SSSR count). The molecule has 6 nitrogen and oxygen atoms in total. The molecule has 0 aromatic carbocycles. The number of aryl methyl sites for hydroxylation is 1. The lowest BCUT2D eigenvalue weighted by molar-refractivity contribution is -0.142. The summed E-state index contributed by atoms with van der Waals surface area (Å²) in [4.78, 5) is 14.6. The second kappa shape index (κ2) is 7.67. The Morgan fingerprint density at radius 2 is 1.90 bits per heavy atom. The Labute approximate surface area is 178 Å². The van der Waals surface area contributed by atoms with Crippen LogP contribution in [0.3, 0.4) is 0 Å². The maximum absolute atomic E-state index is 13.3. The van der Waals surface area contributed by atoms with E-state index in [-0.39, 0.29) is 23.9 Å². The van der Waals surface area contributed by atoms with Gasteiger partial charge in [-0.1, -0.05) is 12.1 Å². The van der Waals surface area contributed by atoms with Crippen LogP contribution in [-0.4, -0.2) is 38.8 Å². The Balaban J connectivity index is 1.24. The zero-order valence-corrected chi connectivity index (χ0v) is 17.7. The highest BCUT2D eigenvalue weighted by atomic mass is 19.4. The van der Waals surface area contributed by atoms with Gasteiger partial charge in [-0.25, -0.2) is 0 Å². The van der Waals surface area contributed by atoms with Crippen LogP contribution in [0.1, 0.15) is 72.5 Å². The Morgan fingerprint density at radius 3 is 2.65 bits per heavy atom. The van der Waals surface area contributed by atoms with Gasteiger partial charge in [-0.2, -0.15) is 18.3 Å². The quantitative estimate of drug-likeness (QED) is 0.732. The molecule has 2 aromatic heterocycles. The second-order valence-electron chi connectivity index (χ2n) is 9.26. The maximum Gasteiger partial charge on any atom is 0.435 e. The summed E-state index contributed by atoms with van der Waals surface area (Å²) in [6.07, 6.45) is 1.79. The van der Waals surface area contributed by atoms with Crippen molar-refractivity contribution in [1.29, 1.82) is 0 Å². The van der Waals surface area contributed by atoms with Crippen LogP contribution in [0.15, 0.2) is 4.52 Å². The minimum Gasteiger partial charge on any atom is -0.361 e. The van der Waals surface area contributed by atoms with E-state index in [1.807, 2.05) is 0 Å². The number of aromatic nitrogens is 3. The van der Waals surface area contributed by atoms with Gasteiger partial charge >= 0.3 is 6.18 Å². The smallest absolute Gasteiger partial charge is 0.361 e. The van der Waals surface area contributed by atoms with Crippen LogP contribution in [0.5, 0.6) is 0 Å². The van der Waals surface area contributed by atoms with Gasteiger partial charge in [0.05, 0.1) is 5.69 Å². The molecule has 168 valence electrons. The predicted molar refractivity (Wildman–Crippen MR) is 106 cm³/mol. The summed E-state index contributed by atoms with van der Waals surface area (Å²) in [5.41, 5.74) is 2.35. The number of hydrogen-bond donors (Lipinski definition) is 0. The lowest BCUT2D eigenvalue weighted by Crippen LogP contribution is -2.40. The fourth-order valence-corrected chi connectivity index (χ4v) is 5.41. The van der Waals surface area contributed by atoms with Crippen molar-refractivity contribution >= 4 is 5.91 Å². The van der Waals surface area contributed by atoms with Gasteiger partial charge < -0.3 is 9.42 Å². The van der Waals surface area contributed by atoms with Crippen molar-refractivity contribution in [2.45, 2.75) is 76.9 Å². The van der Waals surface area contributed by atoms with Crippen LogP contribution in [0.2, 0.25) is 0 Å². The van der Waals surface area contributed by atoms with Gasteiger partial charge in [-0.3, -0.25) is 9.48 Å². The number of fused-ring (bicyclic) bond motifs is 2. The molecule has 0 saturated carbocycles. The predicted octanol–water partition coefficient (Wildman–Crippen LogP) is 3.91. The fourth-order valence-electron chi connectivity index (χ4n) is 5.41. The molecule has 2 aliphatic carbocycles. The van der Waals surface area contributed by atoms with Gasteiger partial charge in [0.2, 0.25) is 5.91 Å². The Morgan fingerprint density at radius 1 is 1.13 bits per heavy atom. The van der Waals surface area contributed by atoms with Gasteiger partial charge in [-0.15, -0.1) is 0 Å². The normalized spacial score (nSPS) is 21.9. The van der Waals surface area contributed by atoms with Crippen LogP contribution >= 0.6 is 0 Å². The van der Waals surface area contributed by atoms with E-state index >= 15 is 0 Å². The van der Waals surface area contributed by atoms with Crippen molar-refractivity contribution in [3.05, 3.63) is 34.0 Å². The summed E-state index contributed by atoms with van der Waals surface area (Å²) in [5, 5.41) is 8.04. The summed E-state index contributed by atoms with van der Waals surface area (Å²) in [6, 6.07) is 0. The SMILES string of the molecule is CC1CCc2noc(C3CCN(C(=O)Cn4nc(C(F)(F)F)c5c4CCC5)CC3)c2C1. The Hall–Kier alpha value is -2.32. The number of likely N-dealkylation sites (tertiary alicyclic amines) is 1. The van der Waals surface area contributed by atoms with Gasteiger partial charge in [0.25, 0.3) is 0 Å². The number of alkyl halides is 3. The van der Waals surface area contributed by atoms with Gasteiger partial charge in [0, 0.05) is 35.8 Å². The number of halogens is 3. The van der Waals surface area contributed by atoms with Crippen molar-refractivity contribution in [2.75, 3.05) is 13.1 Å². The number of carbonyl (C=O) groups is 1. The number of rotatable bonds is 3. The highest BCUT2D eigenvalue weighted by Crippen LogP contribution is 2.38. The van der Waals surface area contributed by atoms with Gasteiger partial charge in [0.1, 0.15) is 12.3 Å². The number of nitrogens with zero attached hydrogens (tertiary/aromatic N) is 4. The van der Waals surface area contributed by atoms with Crippen molar-refractivity contribution in [2.24, 2.45) is 5.92 Å². The summed E-state index contributed by atoms with van der Waals surface area (Å²) in [7, 11) is 0. The van der Waals surface area contributed by atoms with E-state index in [9.17, 15) is 18.0 Å². The minimum atomic E-state index is -4.48. The van der Waals surface area contributed by atoms with Crippen molar-refractivity contribution in [1.82, 2.24) is 19.8 Å². The monoisotopic (exact) mass is 436 g/mol. The molecule has 1 fully saturated rings. The third-order valence-corrected chi connectivity index (χ3v) is 7.11. The molecule has 3 aliphatic rings. The number of piperidine rings is 1. The first kappa shape index (κ1) is 20.6.